The van der Waals surface area contributed by atoms with Crippen LogP contribution in [0.15, 0.2) is 42.7 Å². The number of nitrogens with one attached hydrogen (secondary N) is 1. The van der Waals surface area contributed by atoms with Crippen molar-refractivity contribution in [3.63, 3.8) is 0 Å². The van der Waals surface area contributed by atoms with E-state index in [9.17, 15) is 4.79 Å². The summed E-state index contributed by atoms with van der Waals surface area (Å²) in [6.45, 7) is 6.95. The van der Waals surface area contributed by atoms with Crippen LogP contribution in [0.25, 0.3) is 10.1 Å². The van der Waals surface area contributed by atoms with E-state index in [2.05, 4.69) is 43.2 Å². The van der Waals surface area contributed by atoms with Crippen molar-refractivity contribution in [1.82, 2.24) is 10.3 Å². The highest BCUT2D eigenvalue weighted by Crippen LogP contribution is 2.37. The lowest BCUT2D eigenvalue weighted by molar-refractivity contribution is 0.0955. The third kappa shape index (κ3) is 3.45. The summed E-state index contributed by atoms with van der Waals surface area (Å²) in [5, 5.41) is 4.37. The zero-order valence-corrected chi connectivity index (χ0v) is 15.5. The van der Waals surface area contributed by atoms with Gasteiger partial charge in [0.05, 0.1) is 5.02 Å². The van der Waals surface area contributed by atoms with Crippen molar-refractivity contribution in [2.75, 3.05) is 0 Å². The summed E-state index contributed by atoms with van der Waals surface area (Å²) >= 11 is 7.88. The Labute approximate surface area is 150 Å². The Morgan fingerprint density at radius 3 is 2.75 bits per heavy atom. The van der Waals surface area contributed by atoms with Crippen LogP contribution in [0.4, 0.5) is 0 Å². The number of halogens is 1. The lowest BCUT2D eigenvalue weighted by Gasteiger charge is -2.18. The van der Waals surface area contributed by atoms with Crippen LogP contribution in [0.3, 0.4) is 0 Å². The maximum Gasteiger partial charge on any atom is 0.263 e. The van der Waals surface area contributed by atoms with Crippen molar-refractivity contribution < 1.29 is 4.79 Å². The first kappa shape index (κ1) is 16.9. The summed E-state index contributed by atoms with van der Waals surface area (Å²) in [5.74, 6) is -0.151. The van der Waals surface area contributed by atoms with Crippen molar-refractivity contribution in [2.24, 2.45) is 0 Å². The summed E-state index contributed by atoms with van der Waals surface area (Å²) in [4.78, 5) is 17.1. The van der Waals surface area contributed by atoms with Gasteiger partial charge in [-0.3, -0.25) is 9.78 Å². The van der Waals surface area contributed by atoms with Crippen LogP contribution in [-0.4, -0.2) is 10.9 Å². The Morgan fingerprint density at radius 2 is 2.08 bits per heavy atom. The van der Waals surface area contributed by atoms with E-state index in [1.807, 2.05) is 18.2 Å². The van der Waals surface area contributed by atoms with Crippen LogP contribution in [0, 0.1) is 0 Å². The smallest absolute Gasteiger partial charge is 0.263 e. The van der Waals surface area contributed by atoms with Crippen LogP contribution in [0.5, 0.6) is 0 Å². The Hall–Kier alpha value is -1.91. The molecule has 0 saturated carbocycles. The van der Waals surface area contributed by atoms with Gasteiger partial charge >= 0.3 is 0 Å². The standard InChI is InChI=1S/C19H19ClN2OS/c1-19(2,3)13-6-7-14-15(9-13)24-17(16(14)20)18(23)22-11-12-5-4-8-21-10-12/h4-10H,11H2,1-3H3,(H,22,23). The fraction of sp³-hybridized carbons (Fsp3) is 0.263. The Balaban J connectivity index is 1.86. The van der Waals surface area contributed by atoms with Gasteiger partial charge in [-0.2, -0.15) is 0 Å². The number of nitrogens with zero attached hydrogens (tertiary/aromatic N) is 1. The molecule has 0 saturated heterocycles. The molecule has 0 aliphatic heterocycles. The molecule has 0 aliphatic carbocycles. The molecule has 2 aromatic heterocycles. The van der Waals surface area contributed by atoms with Gasteiger partial charge in [0.25, 0.3) is 5.91 Å². The van der Waals surface area contributed by atoms with Gasteiger partial charge in [-0.15, -0.1) is 11.3 Å². The summed E-state index contributed by atoms with van der Waals surface area (Å²) in [7, 11) is 0. The van der Waals surface area contributed by atoms with Crippen molar-refractivity contribution in [3.8, 4) is 0 Å². The maximum absolute atomic E-state index is 12.5. The molecular weight excluding hydrogens is 340 g/mol. The average Bonchev–Trinajstić information content (AvgIpc) is 2.89. The molecular formula is C19H19ClN2OS. The van der Waals surface area contributed by atoms with E-state index < -0.39 is 0 Å². The zero-order valence-electron chi connectivity index (χ0n) is 13.9. The van der Waals surface area contributed by atoms with E-state index in [1.54, 1.807) is 12.4 Å². The number of benzene rings is 1. The highest BCUT2D eigenvalue weighted by atomic mass is 35.5. The Morgan fingerprint density at radius 1 is 1.29 bits per heavy atom. The summed E-state index contributed by atoms with van der Waals surface area (Å²) in [6.07, 6.45) is 3.45. The zero-order chi connectivity index (χ0) is 17.3. The van der Waals surface area contributed by atoms with Crippen molar-refractivity contribution in [1.29, 1.82) is 0 Å². The summed E-state index contributed by atoms with van der Waals surface area (Å²) in [5.41, 5.74) is 2.25. The fourth-order valence-corrected chi connectivity index (χ4v) is 3.92. The van der Waals surface area contributed by atoms with Crippen LogP contribution < -0.4 is 5.32 Å². The minimum atomic E-state index is -0.151. The number of aromatic nitrogens is 1. The molecule has 1 N–H and O–H groups in total. The molecule has 2 heterocycles. The number of pyridine rings is 1. The van der Waals surface area contributed by atoms with E-state index in [0.29, 0.717) is 16.4 Å². The average molecular weight is 359 g/mol. The molecule has 0 unspecified atom stereocenters. The second kappa shape index (κ2) is 6.54. The fourth-order valence-electron chi connectivity index (χ4n) is 2.44. The number of fused-ring (bicyclic) bond motifs is 1. The number of hydrogen-bond acceptors (Lipinski definition) is 3. The van der Waals surface area contributed by atoms with E-state index >= 15 is 0 Å². The quantitative estimate of drug-likeness (QED) is 0.701. The van der Waals surface area contributed by atoms with Gasteiger partial charge < -0.3 is 5.32 Å². The lowest BCUT2D eigenvalue weighted by Crippen LogP contribution is -2.22. The molecule has 0 spiro atoms. The number of amides is 1. The van der Waals surface area contributed by atoms with E-state index in [4.69, 9.17) is 11.6 Å². The summed E-state index contributed by atoms with van der Waals surface area (Å²) < 4.78 is 1.04. The highest BCUT2D eigenvalue weighted by Gasteiger charge is 2.20. The van der Waals surface area contributed by atoms with Crippen molar-refractivity contribution >= 4 is 38.9 Å². The number of carbonyl (C=O) groups is 1. The maximum atomic E-state index is 12.5. The highest BCUT2D eigenvalue weighted by molar-refractivity contribution is 7.21. The van der Waals surface area contributed by atoms with Crippen molar-refractivity contribution in [3.05, 3.63) is 63.8 Å². The molecule has 3 rings (SSSR count). The molecule has 24 heavy (non-hydrogen) atoms. The summed E-state index contributed by atoms with van der Waals surface area (Å²) in [6, 6.07) is 9.99. The molecule has 1 amide bonds. The van der Waals surface area contributed by atoms with E-state index in [-0.39, 0.29) is 11.3 Å². The minimum absolute atomic E-state index is 0.0629. The van der Waals surface area contributed by atoms with E-state index in [0.717, 1.165) is 15.6 Å². The molecule has 0 aliphatic rings. The van der Waals surface area contributed by atoms with Gasteiger partial charge in [-0.1, -0.05) is 50.6 Å². The van der Waals surface area contributed by atoms with Gasteiger partial charge in [-0.25, -0.2) is 0 Å². The number of rotatable bonds is 3. The minimum Gasteiger partial charge on any atom is -0.347 e. The molecule has 0 bridgehead atoms. The third-order valence-electron chi connectivity index (χ3n) is 3.88. The first-order chi connectivity index (χ1) is 11.4. The number of thiophene rings is 1. The SMILES string of the molecule is CC(C)(C)c1ccc2c(Cl)c(C(=O)NCc3cccnc3)sc2c1. The normalized spacial score (nSPS) is 11.7. The van der Waals surface area contributed by atoms with Crippen LogP contribution in [0.2, 0.25) is 5.02 Å². The third-order valence-corrected chi connectivity index (χ3v) is 5.53. The van der Waals surface area contributed by atoms with Gasteiger partial charge in [0, 0.05) is 29.0 Å². The van der Waals surface area contributed by atoms with Crippen LogP contribution in [-0.2, 0) is 12.0 Å². The topological polar surface area (TPSA) is 42.0 Å². The molecule has 0 radical (unpaired) electrons. The van der Waals surface area contributed by atoms with Crippen LogP contribution >= 0.6 is 22.9 Å². The second-order valence-electron chi connectivity index (χ2n) is 6.75. The van der Waals surface area contributed by atoms with Gasteiger partial charge in [-0.05, 0) is 28.7 Å². The monoisotopic (exact) mass is 358 g/mol. The molecule has 0 fully saturated rings. The lowest BCUT2D eigenvalue weighted by atomic mass is 9.87. The van der Waals surface area contributed by atoms with Gasteiger partial charge in [0.2, 0.25) is 0 Å². The predicted molar refractivity (Wildman–Crippen MR) is 101 cm³/mol. The Bertz CT molecular complexity index is 882. The molecule has 3 aromatic rings. The molecule has 3 nitrogen and oxygen atoms in total. The van der Waals surface area contributed by atoms with E-state index in [1.165, 1.54) is 16.9 Å². The first-order valence-corrected chi connectivity index (χ1v) is 8.95. The predicted octanol–water partition coefficient (Wildman–Crippen LogP) is 5.18. The molecule has 5 heteroatoms. The second-order valence-corrected chi connectivity index (χ2v) is 8.18. The Kier molecular flexibility index (Phi) is 4.61. The first-order valence-electron chi connectivity index (χ1n) is 7.76. The molecule has 1 aromatic carbocycles. The van der Waals surface area contributed by atoms with Gasteiger partial charge in [0.15, 0.2) is 0 Å². The number of hydrogen-bond donors (Lipinski definition) is 1. The molecule has 124 valence electrons. The molecule has 0 atom stereocenters. The van der Waals surface area contributed by atoms with Crippen LogP contribution in [0.1, 0.15) is 41.6 Å². The number of carbonyl (C=O) groups excluding carboxylic acids is 1. The largest absolute Gasteiger partial charge is 0.347 e. The van der Waals surface area contributed by atoms with Gasteiger partial charge in [0.1, 0.15) is 4.88 Å². The van der Waals surface area contributed by atoms with Crippen molar-refractivity contribution in [2.45, 2.75) is 32.7 Å².